The Morgan fingerprint density at radius 3 is 2.59 bits per heavy atom. The van der Waals surface area contributed by atoms with Crippen LogP contribution in [0.2, 0.25) is 0 Å². The molecule has 12 heteroatoms. The van der Waals surface area contributed by atoms with Crippen LogP contribution in [0.5, 0.6) is 0 Å². The largest absolute Gasteiger partial charge is 0.480 e. The molecular weight excluding hydrogens is 442 g/mol. The quantitative estimate of drug-likeness (QED) is 0.196. The molecule has 1 aromatic heterocycles. The van der Waals surface area contributed by atoms with Crippen LogP contribution in [-0.2, 0) is 25.6 Å². The number of imidazole rings is 1. The summed E-state index contributed by atoms with van der Waals surface area (Å²) in [6.07, 6.45) is 5.91. The standard InChI is InChI=1S/C22H37N7O5/c1-13(2)18(20(31)27-16(22(33)34)6-3-4-8-23)28-19(30)17-7-5-9-29(17)21(32)15(24)10-14-11-25-12-26-14/h11-13,15-18H,3-10,23-24H2,1-2H3,(H,25,26)(H,27,31)(H,28,30)(H,33,34). The zero-order valence-corrected chi connectivity index (χ0v) is 19.8. The Hall–Kier alpha value is -2.99. The number of hydrogen-bond acceptors (Lipinski definition) is 7. The molecule has 2 heterocycles. The van der Waals surface area contributed by atoms with Gasteiger partial charge in [0.05, 0.1) is 12.4 Å². The van der Waals surface area contributed by atoms with Crippen molar-refractivity contribution in [2.24, 2.45) is 17.4 Å². The van der Waals surface area contributed by atoms with Gasteiger partial charge in [-0.25, -0.2) is 9.78 Å². The minimum absolute atomic E-state index is 0.246. The number of nitrogens with one attached hydrogen (secondary N) is 3. The van der Waals surface area contributed by atoms with E-state index >= 15 is 0 Å². The number of hydrogen-bond donors (Lipinski definition) is 6. The third-order valence-corrected chi connectivity index (χ3v) is 5.96. The van der Waals surface area contributed by atoms with Gasteiger partial charge >= 0.3 is 5.97 Å². The smallest absolute Gasteiger partial charge is 0.326 e. The molecule has 190 valence electrons. The van der Waals surface area contributed by atoms with Crippen molar-refractivity contribution in [3.05, 3.63) is 18.2 Å². The second-order valence-electron chi connectivity index (χ2n) is 8.99. The predicted octanol–water partition coefficient (Wildman–Crippen LogP) is -0.890. The zero-order chi connectivity index (χ0) is 25.3. The number of amides is 3. The van der Waals surface area contributed by atoms with E-state index in [1.165, 1.54) is 11.2 Å². The number of carboxylic acids is 1. The molecule has 1 aliphatic rings. The lowest BCUT2D eigenvalue weighted by Gasteiger charge is -2.29. The lowest BCUT2D eigenvalue weighted by atomic mass is 10.0. The molecule has 1 aromatic rings. The van der Waals surface area contributed by atoms with E-state index in [2.05, 4.69) is 20.6 Å². The van der Waals surface area contributed by atoms with Crippen LogP contribution >= 0.6 is 0 Å². The van der Waals surface area contributed by atoms with Crippen molar-refractivity contribution in [3.8, 4) is 0 Å². The molecule has 4 atom stereocenters. The minimum atomic E-state index is -1.14. The molecule has 0 aromatic carbocycles. The highest BCUT2D eigenvalue weighted by Gasteiger charge is 2.38. The first-order chi connectivity index (χ1) is 16.1. The van der Waals surface area contributed by atoms with Gasteiger partial charge in [-0.2, -0.15) is 0 Å². The summed E-state index contributed by atoms with van der Waals surface area (Å²) in [6, 6.07) is -3.58. The van der Waals surface area contributed by atoms with Crippen molar-refractivity contribution in [1.82, 2.24) is 25.5 Å². The summed E-state index contributed by atoms with van der Waals surface area (Å²) in [6.45, 7) is 4.35. The van der Waals surface area contributed by atoms with Crippen LogP contribution in [0, 0.1) is 5.92 Å². The highest BCUT2D eigenvalue weighted by atomic mass is 16.4. The lowest BCUT2D eigenvalue weighted by molar-refractivity contribution is -0.143. The third kappa shape index (κ3) is 7.52. The maximum Gasteiger partial charge on any atom is 0.326 e. The minimum Gasteiger partial charge on any atom is -0.480 e. The monoisotopic (exact) mass is 479 g/mol. The van der Waals surface area contributed by atoms with Crippen LogP contribution in [-0.4, -0.2) is 80.9 Å². The SMILES string of the molecule is CC(C)C(NC(=O)C1CCCN1C(=O)C(N)Cc1cnc[nH]1)C(=O)NC(CCCCN)C(=O)O. The fourth-order valence-corrected chi connectivity index (χ4v) is 4.03. The highest BCUT2D eigenvalue weighted by molar-refractivity contribution is 5.94. The summed E-state index contributed by atoms with van der Waals surface area (Å²) >= 11 is 0. The molecule has 3 amide bonds. The number of carboxylic acid groups (broad SMARTS) is 1. The first-order valence-electron chi connectivity index (χ1n) is 11.7. The van der Waals surface area contributed by atoms with E-state index in [1.807, 2.05) is 0 Å². The summed E-state index contributed by atoms with van der Waals surface area (Å²) in [5, 5.41) is 14.7. The molecule has 34 heavy (non-hydrogen) atoms. The lowest BCUT2D eigenvalue weighted by Crippen LogP contribution is -2.58. The van der Waals surface area contributed by atoms with E-state index in [1.54, 1.807) is 20.0 Å². The van der Waals surface area contributed by atoms with Crippen LogP contribution in [0.15, 0.2) is 12.5 Å². The van der Waals surface area contributed by atoms with Crippen molar-refractivity contribution in [2.45, 2.75) is 76.5 Å². The van der Waals surface area contributed by atoms with Crippen molar-refractivity contribution in [3.63, 3.8) is 0 Å². The summed E-state index contributed by atoms with van der Waals surface area (Å²) in [5.74, 6) is -2.81. The number of aliphatic carboxylic acids is 1. The molecule has 2 rings (SSSR count). The molecule has 8 N–H and O–H groups in total. The first kappa shape index (κ1) is 27.3. The Morgan fingerprint density at radius 2 is 2.00 bits per heavy atom. The van der Waals surface area contributed by atoms with Gasteiger partial charge in [-0.15, -0.1) is 0 Å². The molecule has 0 aliphatic carbocycles. The fraction of sp³-hybridized carbons (Fsp3) is 0.682. The summed E-state index contributed by atoms with van der Waals surface area (Å²) in [4.78, 5) is 58.7. The number of likely N-dealkylation sites (tertiary alicyclic amines) is 1. The molecule has 4 unspecified atom stereocenters. The maximum absolute atomic E-state index is 13.1. The number of nitrogens with two attached hydrogens (primary N) is 2. The van der Waals surface area contributed by atoms with E-state index in [-0.39, 0.29) is 24.7 Å². The number of carbonyl (C=O) groups excluding carboxylic acids is 3. The molecule has 0 radical (unpaired) electrons. The van der Waals surface area contributed by atoms with Crippen molar-refractivity contribution in [1.29, 1.82) is 0 Å². The van der Waals surface area contributed by atoms with Crippen molar-refractivity contribution >= 4 is 23.7 Å². The van der Waals surface area contributed by atoms with Crippen LogP contribution in [0.25, 0.3) is 0 Å². The van der Waals surface area contributed by atoms with Crippen molar-refractivity contribution in [2.75, 3.05) is 13.1 Å². The van der Waals surface area contributed by atoms with Gasteiger partial charge in [0, 0.05) is 24.9 Å². The summed E-state index contributed by atoms with van der Waals surface area (Å²) in [5.41, 5.74) is 12.3. The molecule has 0 spiro atoms. The number of nitrogens with zero attached hydrogens (tertiary/aromatic N) is 2. The van der Waals surface area contributed by atoms with Crippen LogP contribution < -0.4 is 22.1 Å². The van der Waals surface area contributed by atoms with Crippen LogP contribution in [0.4, 0.5) is 0 Å². The Bertz CT molecular complexity index is 830. The first-order valence-corrected chi connectivity index (χ1v) is 11.7. The molecule has 1 fully saturated rings. The van der Waals surface area contributed by atoms with E-state index < -0.39 is 42.0 Å². The van der Waals surface area contributed by atoms with Gasteiger partial charge in [0.2, 0.25) is 17.7 Å². The highest BCUT2D eigenvalue weighted by Crippen LogP contribution is 2.20. The normalized spacial score (nSPS) is 18.4. The van der Waals surface area contributed by atoms with Gasteiger partial charge in [-0.1, -0.05) is 13.8 Å². The Kier molecular flexibility index (Phi) is 10.5. The second kappa shape index (κ2) is 13.0. The average Bonchev–Trinajstić information content (AvgIpc) is 3.47. The van der Waals surface area contributed by atoms with Gasteiger partial charge in [-0.3, -0.25) is 14.4 Å². The summed E-state index contributed by atoms with van der Waals surface area (Å²) < 4.78 is 0. The van der Waals surface area contributed by atoms with Crippen LogP contribution in [0.3, 0.4) is 0 Å². The number of aromatic nitrogens is 2. The van der Waals surface area contributed by atoms with Gasteiger partial charge in [0.25, 0.3) is 0 Å². The van der Waals surface area contributed by atoms with E-state index in [0.717, 1.165) is 5.69 Å². The number of carbonyl (C=O) groups is 4. The van der Waals surface area contributed by atoms with Gasteiger partial charge in [-0.05, 0) is 44.6 Å². The zero-order valence-electron chi connectivity index (χ0n) is 19.8. The van der Waals surface area contributed by atoms with Gasteiger partial charge in [0.1, 0.15) is 18.1 Å². The number of rotatable bonds is 13. The molecule has 0 saturated carbocycles. The molecular formula is C22H37N7O5. The predicted molar refractivity (Wildman–Crippen MR) is 124 cm³/mol. The maximum atomic E-state index is 13.1. The second-order valence-corrected chi connectivity index (χ2v) is 8.99. The Morgan fingerprint density at radius 1 is 1.26 bits per heavy atom. The van der Waals surface area contributed by atoms with E-state index in [9.17, 15) is 24.3 Å². The fourth-order valence-electron chi connectivity index (χ4n) is 4.03. The third-order valence-electron chi connectivity index (χ3n) is 5.96. The average molecular weight is 480 g/mol. The van der Waals surface area contributed by atoms with Gasteiger partial charge < -0.3 is 37.1 Å². The van der Waals surface area contributed by atoms with E-state index in [4.69, 9.17) is 11.5 Å². The Balaban J connectivity index is 2.02. The summed E-state index contributed by atoms with van der Waals surface area (Å²) in [7, 11) is 0. The topological polar surface area (TPSA) is 197 Å². The van der Waals surface area contributed by atoms with E-state index in [0.29, 0.717) is 38.8 Å². The van der Waals surface area contributed by atoms with Gasteiger partial charge in [0.15, 0.2) is 0 Å². The molecule has 12 nitrogen and oxygen atoms in total. The number of aromatic amines is 1. The number of unbranched alkanes of at least 4 members (excludes halogenated alkanes) is 1. The molecule has 1 saturated heterocycles. The molecule has 1 aliphatic heterocycles. The van der Waals surface area contributed by atoms with Crippen molar-refractivity contribution < 1.29 is 24.3 Å². The number of H-pyrrole nitrogens is 1. The van der Waals surface area contributed by atoms with Crippen LogP contribution in [0.1, 0.15) is 51.6 Å². The Labute approximate surface area is 199 Å². The molecule has 0 bridgehead atoms.